The average Bonchev–Trinajstić information content (AvgIpc) is 2.96. The van der Waals surface area contributed by atoms with Crippen LogP contribution in [-0.4, -0.2) is 15.9 Å². The highest BCUT2D eigenvalue weighted by atomic mass is 19.4. The number of halogens is 3. The molecular formula is C17H14F3N3O. The fourth-order valence-corrected chi connectivity index (χ4v) is 2.45. The molecule has 7 heteroatoms. The van der Waals surface area contributed by atoms with Gasteiger partial charge in [-0.3, -0.25) is 4.79 Å². The minimum Gasteiger partial charge on any atom is -0.352 e. The quantitative estimate of drug-likeness (QED) is 0.768. The molecule has 0 radical (unpaired) electrons. The lowest BCUT2D eigenvalue weighted by molar-refractivity contribution is -0.137. The van der Waals surface area contributed by atoms with Crippen LogP contribution >= 0.6 is 0 Å². The van der Waals surface area contributed by atoms with Crippen LogP contribution in [0.1, 0.15) is 16.7 Å². The van der Waals surface area contributed by atoms with Crippen LogP contribution in [-0.2, 0) is 23.9 Å². The van der Waals surface area contributed by atoms with Gasteiger partial charge >= 0.3 is 6.18 Å². The number of amides is 1. The summed E-state index contributed by atoms with van der Waals surface area (Å²) >= 11 is 0. The third-order valence-electron chi connectivity index (χ3n) is 3.63. The Morgan fingerprint density at radius 1 is 1.21 bits per heavy atom. The predicted molar refractivity (Wildman–Crippen MR) is 83.1 cm³/mol. The number of aromatic nitrogens is 2. The number of hydrogen-bond acceptors (Lipinski definition) is 2. The van der Waals surface area contributed by atoms with E-state index in [4.69, 9.17) is 0 Å². The molecule has 1 amide bonds. The summed E-state index contributed by atoms with van der Waals surface area (Å²) in [6, 6.07) is 8.55. The van der Waals surface area contributed by atoms with Crippen molar-refractivity contribution in [1.82, 2.24) is 15.3 Å². The first-order valence-electron chi connectivity index (χ1n) is 7.27. The van der Waals surface area contributed by atoms with E-state index in [1.54, 1.807) is 24.5 Å². The van der Waals surface area contributed by atoms with Crippen molar-refractivity contribution < 1.29 is 18.0 Å². The SMILES string of the molecule is O=C(Cc1c[nH]c2ncccc12)NCc1cccc(C(F)(F)F)c1. The van der Waals surface area contributed by atoms with Crippen molar-refractivity contribution in [3.8, 4) is 0 Å². The second-order valence-corrected chi connectivity index (χ2v) is 5.37. The normalized spacial score (nSPS) is 11.6. The van der Waals surface area contributed by atoms with E-state index in [1.165, 1.54) is 6.07 Å². The van der Waals surface area contributed by atoms with E-state index in [9.17, 15) is 18.0 Å². The van der Waals surface area contributed by atoms with Gasteiger partial charge in [0, 0.05) is 24.3 Å². The van der Waals surface area contributed by atoms with Crippen molar-refractivity contribution in [2.24, 2.45) is 0 Å². The largest absolute Gasteiger partial charge is 0.416 e. The maximum absolute atomic E-state index is 12.7. The number of H-pyrrole nitrogens is 1. The highest BCUT2D eigenvalue weighted by molar-refractivity contribution is 5.87. The molecular weight excluding hydrogens is 319 g/mol. The van der Waals surface area contributed by atoms with Gasteiger partial charge in [0.15, 0.2) is 0 Å². The Kier molecular flexibility index (Phi) is 4.24. The zero-order chi connectivity index (χ0) is 17.2. The van der Waals surface area contributed by atoms with E-state index < -0.39 is 11.7 Å². The first kappa shape index (κ1) is 16.0. The molecule has 0 saturated carbocycles. The van der Waals surface area contributed by atoms with Gasteiger partial charge in [-0.2, -0.15) is 13.2 Å². The molecule has 3 aromatic rings. The standard InChI is InChI=1S/C17H14F3N3O/c18-17(19,20)13-4-1-3-11(7-13)9-22-15(24)8-12-10-23-16-14(12)5-2-6-21-16/h1-7,10H,8-9H2,(H,21,23)(H,22,24). The van der Waals surface area contributed by atoms with Crippen LogP contribution in [0.15, 0.2) is 48.8 Å². The molecule has 0 atom stereocenters. The number of hydrogen-bond donors (Lipinski definition) is 2. The monoisotopic (exact) mass is 333 g/mol. The maximum Gasteiger partial charge on any atom is 0.416 e. The van der Waals surface area contributed by atoms with Crippen LogP contribution in [0, 0.1) is 0 Å². The van der Waals surface area contributed by atoms with E-state index >= 15 is 0 Å². The van der Waals surface area contributed by atoms with Gasteiger partial charge in [0.25, 0.3) is 0 Å². The third kappa shape index (κ3) is 3.56. The van der Waals surface area contributed by atoms with Gasteiger partial charge in [0.05, 0.1) is 12.0 Å². The fraction of sp³-hybridized carbons (Fsp3) is 0.176. The summed E-state index contributed by atoms with van der Waals surface area (Å²) in [5, 5.41) is 3.49. The van der Waals surface area contributed by atoms with E-state index in [-0.39, 0.29) is 18.9 Å². The molecule has 0 aliphatic rings. The minimum absolute atomic E-state index is 0.0450. The van der Waals surface area contributed by atoms with Crippen LogP contribution in [0.2, 0.25) is 0 Å². The first-order chi connectivity index (χ1) is 11.4. The van der Waals surface area contributed by atoms with E-state index in [0.717, 1.165) is 23.1 Å². The molecule has 0 aliphatic carbocycles. The molecule has 24 heavy (non-hydrogen) atoms. The molecule has 0 bridgehead atoms. The number of carbonyl (C=O) groups excluding carboxylic acids is 1. The van der Waals surface area contributed by atoms with Crippen LogP contribution < -0.4 is 5.32 Å². The fourth-order valence-electron chi connectivity index (χ4n) is 2.45. The Balaban J connectivity index is 1.64. The first-order valence-corrected chi connectivity index (χ1v) is 7.27. The van der Waals surface area contributed by atoms with Gasteiger partial charge < -0.3 is 10.3 Å². The Bertz CT molecular complexity index is 871. The molecule has 3 rings (SSSR count). The lowest BCUT2D eigenvalue weighted by atomic mass is 10.1. The third-order valence-corrected chi connectivity index (χ3v) is 3.63. The van der Waals surface area contributed by atoms with Gasteiger partial charge in [-0.1, -0.05) is 12.1 Å². The van der Waals surface area contributed by atoms with Gasteiger partial charge in [-0.15, -0.1) is 0 Å². The zero-order valence-electron chi connectivity index (χ0n) is 12.5. The molecule has 4 nitrogen and oxygen atoms in total. The molecule has 2 heterocycles. The van der Waals surface area contributed by atoms with Gasteiger partial charge in [-0.25, -0.2) is 4.98 Å². The van der Waals surface area contributed by atoms with Crippen LogP contribution in [0.25, 0.3) is 11.0 Å². The van der Waals surface area contributed by atoms with Gasteiger partial charge in [-0.05, 0) is 35.4 Å². The lowest BCUT2D eigenvalue weighted by Gasteiger charge is -2.09. The second kappa shape index (κ2) is 6.35. The molecule has 0 aliphatic heterocycles. The van der Waals surface area contributed by atoms with Gasteiger partial charge in [0.1, 0.15) is 5.65 Å². The Hall–Kier alpha value is -2.83. The smallest absolute Gasteiger partial charge is 0.352 e. The molecule has 0 saturated heterocycles. The molecule has 2 N–H and O–H groups in total. The van der Waals surface area contributed by atoms with E-state index in [1.807, 2.05) is 6.07 Å². The van der Waals surface area contributed by atoms with Crippen LogP contribution in [0.3, 0.4) is 0 Å². The summed E-state index contributed by atoms with van der Waals surface area (Å²) in [6.45, 7) is 0.0450. The number of pyridine rings is 1. The number of carbonyl (C=O) groups is 1. The molecule has 1 aromatic carbocycles. The molecule has 0 unspecified atom stereocenters. The number of alkyl halides is 3. The van der Waals surface area contributed by atoms with Crippen LogP contribution in [0.5, 0.6) is 0 Å². The van der Waals surface area contributed by atoms with Crippen molar-refractivity contribution in [2.75, 3.05) is 0 Å². The summed E-state index contributed by atoms with van der Waals surface area (Å²) < 4.78 is 38.0. The number of nitrogens with one attached hydrogen (secondary N) is 2. The van der Waals surface area contributed by atoms with Crippen molar-refractivity contribution in [3.63, 3.8) is 0 Å². The van der Waals surface area contributed by atoms with Crippen molar-refractivity contribution >= 4 is 16.9 Å². The second-order valence-electron chi connectivity index (χ2n) is 5.37. The molecule has 0 spiro atoms. The molecule has 124 valence electrons. The number of aromatic amines is 1. The summed E-state index contributed by atoms with van der Waals surface area (Å²) in [6.07, 6.45) is -0.903. The Morgan fingerprint density at radius 3 is 2.83 bits per heavy atom. The van der Waals surface area contributed by atoms with Crippen molar-refractivity contribution in [2.45, 2.75) is 19.1 Å². The topological polar surface area (TPSA) is 57.8 Å². The Morgan fingerprint density at radius 2 is 2.04 bits per heavy atom. The van der Waals surface area contributed by atoms with E-state index in [0.29, 0.717) is 11.2 Å². The lowest BCUT2D eigenvalue weighted by Crippen LogP contribution is -2.24. The molecule has 2 aromatic heterocycles. The number of nitrogens with zero attached hydrogens (tertiary/aromatic N) is 1. The van der Waals surface area contributed by atoms with Crippen molar-refractivity contribution in [1.29, 1.82) is 0 Å². The summed E-state index contributed by atoms with van der Waals surface area (Å²) in [7, 11) is 0. The average molecular weight is 333 g/mol. The molecule has 0 fully saturated rings. The summed E-state index contributed by atoms with van der Waals surface area (Å²) in [5.41, 5.74) is 1.16. The number of benzene rings is 1. The zero-order valence-corrected chi connectivity index (χ0v) is 12.5. The maximum atomic E-state index is 12.7. The summed E-state index contributed by atoms with van der Waals surface area (Å²) in [4.78, 5) is 19.2. The van der Waals surface area contributed by atoms with E-state index in [2.05, 4.69) is 15.3 Å². The predicted octanol–water partition coefficient (Wildman–Crippen LogP) is 3.44. The highest BCUT2D eigenvalue weighted by Crippen LogP contribution is 2.29. The summed E-state index contributed by atoms with van der Waals surface area (Å²) in [5.74, 6) is -0.267. The van der Waals surface area contributed by atoms with Crippen LogP contribution in [0.4, 0.5) is 13.2 Å². The number of rotatable bonds is 4. The minimum atomic E-state index is -4.39. The van der Waals surface area contributed by atoms with Gasteiger partial charge in [0.2, 0.25) is 5.91 Å². The Labute approximate surface area is 135 Å². The highest BCUT2D eigenvalue weighted by Gasteiger charge is 2.30. The van der Waals surface area contributed by atoms with Crippen molar-refractivity contribution in [3.05, 3.63) is 65.5 Å². The number of fused-ring (bicyclic) bond motifs is 1.